The van der Waals surface area contributed by atoms with Gasteiger partial charge in [0.2, 0.25) is 0 Å². The van der Waals surface area contributed by atoms with Gasteiger partial charge in [-0.25, -0.2) is 0 Å². The van der Waals surface area contributed by atoms with Crippen LogP contribution in [0.1, 0.15) is 89.5 Å². The van der Waals surface area contributed by atoms with Crippen LogP contribution < -0.4 is 0 Å². The molecule has 0 aliphatic rings. The van der Waals surface area contributed by atoms with Gasteiger partial charge < -0.3 is 10.2 Å². The molecule has 0 bridgehead atoms. The molecule has 0 saturated heterocycles. The summed E-state index contributed by atoms with van der Waals surface area (Å²) in [5, 5.41) is 17.0. The number of benzene rings is 1. The molecular weight excluding hydrogens is 312 g/mol. The van der Waals surface area contributed by atoms with Crippen LogP contribution in [-0.2, 0) is 11.2 Å². The molecule has 0 saturated carbocycles. The standard InChI is InChI=1S/C14H30O.C8H8O2/c1-2-3-4-5-6-7-8-9-10-11-12-13-14-15;9-8(10)6-7-4-2-1-3-5-7/h15H,2-14H2,1H3;1-5H,6H2,(H,9,10). The molecule has 3 heteroatoms. The number of carboxylic acids is 1. The molecule has 1 rings (SSSR count). The minimum atomic E-state index is -0.786. The zero-order chi connectivity index (χ0) is 18.6. The van der Waals surface area contributed by atoms with E-state index >= 15 is 0 Å². The number of carbonyl (C=O) groups is 1. The van der Waals surface area contributed by atoms with Gasteiger partial charge in [0.25, 0.3) is 0 Å². The topological polar surface area (TPSA) is 57.5 Å². The van der Waals surface area contributed by atoms with Gasteiger partial charge >= 0.3 is 5.97 Å². The number of carboxylic acid groups (broad SMARTS) is 1. The molecule has 0 fully saturated rings. The fourth-order valence-corrected chi connectivity index (χ4v) is 2.72. The lowest BCUT2D eigenvalue weighted by atomic mass is 10.1. The first kappa shape index (κ1) is 23.6. The van der Waals surface area contributed by atoms with Crippen molar-refractivity contribution in [2.24, 2.45) is 0 Å². The summed E-state index contributed by atoms with van der Waals surface area (Å²) < 4.78 is 0. The Hall–Kier alpha value is -1.35. The van der Waals surface area contributed by atoms with Crippen molar-refractivity contribution in [2.75, 3.05) is 6.61 Å². The van der Waals surface area contributed by atoms with Gasteiger partial charge in [0.15, 0.2) is 0 Å². The van der Waals surface area contributed by atoms with Gasteiger partial charge in [0, 0.05) is 6.61 Å². The van der Waals surface area contributed by atoms with Crippen LogP contribution in [0.3, 0.4) is 0 Å². The number of unbranched alkanes of at least 4 members (excludes halogenated alkanes) is 11. The van der Waals surface area contributed by atoms with E-state index in [2.05, 4.69) is 6.92 Å². The van der Waals surface area contributed by atoms with E-state index in [4.69, 9.17) is 10.2 Å². The fourth-order valence-electron chi connectivity index (χ4n) is 2.72. The molecule has 0 aliphatic heterocycles. The third-order valence-corrected chi connectivity index (χ3v) is 4.21. The third kappa shape index (κ3) is 18.8. The highest BCUT2D eigenvalue weighted by Gasteiger charge is 1.96. The lowest BCUT2D eigenvalue weighted by Crippen LogP contribution is -1.98. The summed E-state index contributed by atoms with van der Waals surface area (Å²) in [5.74, 6) is -0.786. The number of hydrogen-bond acceptors (Lipinski definition) is 2. The molecule has 1 aromatic carbocycles. The average molecular weight is 351 g/mol. The van der Waals surface area contributed by atoms with Gasteiger partial charge in [-0.2, -0.15) is 0 Å². The Morgan fingerprint density at radius 1 is 0.760 bits per heavy atom. The van der Waals surface area contributed by atoms with E-state index in [1.807, 2.05) is 18.2 Å². The van der Waals surface area contributed by atoms with Crippen molar-refractivity contribution >= 4 is 5.97 Å². The number of aliphatic carboxylic acids is 1. The van der Waals surface area contributed by atoms with Crippen molar-refractivity contribution in [1.29, 1.82) is 0 Å². The molecule has 0 atom stereocenters. The summed E-state index contributed by atoms with van der Waals surface area (Å²) in [4.78, 5) is 10.2. The second-order valence-corrected chi connectivity index (χ2v) is 6.67. The van der Waals surface area contributed by atoms with E-state index in [1.54, 1.807) is 12.1 Å². The third-order valence-electron chi connectivity index (χ3n) is 4.21. The van der Waals surface area contributed by atoms with Crippen molar-refractivity contribution in [1.82, 2.24) is 0 Å². The van der Waals surface area contributed by atoms with Crippen LogP contribution in [0.15, 0.2) is 30.3 Å². The van der Waals surface area contributed by atoms with Crippen LogP contribution in [0.4, 0.5) is 0 Å². The zero-order valence-corrected chi connectivity index (χ0v) is 16.1. The largest absolute Gasteiger partial charge is 0.481 e. The van der Waals surface area contributed by atoms with Crippen LogP contribution >= 0.6 is 0 Å². The van der Waals surface area contributed by atoms with E-state index in [-0.39, 0.29) is 6.42 Å². The summed E-state index contributed by atoms with van der Waals surface area (Å²) in [6.45, 7) is 2.64. The van der Waals surface area contributed by atoms with Crippen molar-refractivity contribution in [2.45, 2.75) is 90.4 Å². The van der Waals surface area contributed by atoms with Gasteiger partial charge in [-0.1, -0.05) is 108 Å². The summed E-state index contributed by atoms with van der Waals surface area (Å²) >= 11 is 0. The number of hydrogen-bond donors (Lipinski definition) is 2. The average Bonchev–Trinajstić information content (AvgIpc) is 2.61. The summed E-state index contributed by atoms with van der Waals surface area (Å²) in [6, 6.07) is 9.13. The molecule has 1 aromatic rings. The minimum absolute atomic E-state index is 0.112. The Balaban J connectivity index is 0.000000496. The van der Waals surface area contributed by atoms with Crippen molar-refractivity contribution in [3.05, 3.63) is 35.9 Å². The molecule has 2 N–H and O–H groups in total. The first-order valence-electron chi connectivity index (χ1n) is 10.1. The summed E-state index contributed by atoms with van der Waals surface area (Å²) in [6.07, 6.45) is 16.4. The molecule has 144 valence electrons. The van der Waals surface area contributed by atoms with E-state index in [0.717, 1.165) is 12.0 Å². The highest BCUT2D eigenvalue weighted by atomic mass is 16.4. The number of aliphatic hydroxyl groups is 1. The van der Waals surface area contributed by atoms with Crippen LogP contribution in [0, 0.1) is 0 Å². The molecule has 0 aromatic heterocycles. The number of aliphatic hydroxyl groups excluding tert-OH is 1. The van der Waals surface area contributed by atoms with Crippen LogP contribution in [0.2, 0.25) is 0 Å². The maximum Gasteiger partial charge on any atom is 0.307 e. The Kier molecular flexibility index (Phi) is 18.0. The van der Waals surface area contributed by atoms with Gasteiger partial charge in [0.1, 0.15) is 0 Å². The Bertz CT molecular complexity index is 378. The monoisotopic (exact) mass is 350 g/mol. The second-order valence-electron chi connectivity index (χ2n) is 6.67. The smallest absolute Gasteiger partial charge is 0.307 e. The molecular formula is C22H38O3. The van der Waals surface area contributed by atoms with Crippen LogP contribution in [0.25, 0.3) is 0 Å². The van der Waals surface area contributed by atoms with Crippen molar-refractivity contribution in [3.63, 3.8) is 0 Å². The summed E-state index contributed by atoms with van der Waals surface area (Å²) in [5.41, 5.74) is 0.843. The van der Waals surface area contributed by atoms with E-state index < -0.39 is 5.97 Å². The predicted molar refractivity (Wildman–Crippen MR) is 106 cm³/mol. The number of rotatable bonds is 14. The summed E-state index contributed by atoms with van der Waals surface area (Å²) in [7, 11) is 0. The molecule has 0 amide bonds. The van der Waals surface area contributed by atoms with E-state index in [9.17, 15) is 4.79 Å². The highest BCUT2D eigenvalue weighted by Crippen LogP contribution is 2.11. The van der Waals surface area contributed by atoms with Crippen LogP contribution in [-0.4, -0.2) is 22.8 Å². The highest BCUT2D eigenvalue weighted by molar-refractivity contribution is 5.70. The Morgan fingerprint density at radius 3 is 1.60 bits per heavy atom. The Morgan fingerprint density at radius 2 is 1.20 bits per heavy atom. The quantitative estimate of drug-likeness (QED) is 0.405. The molecule has 0 unspecified atom stereocenters. The molecule has 0 spiro atoms. The molecule has 25 heavy (non-hydrogen) atoms. The van der Waals surface area contributed by atoms with Crippen molar-refractivity contribution in [3.8, 4) is 0 Å². The lowest BCUT2D eigenvalue weighted by Gasteiger charge is -2.01. The van der Waals surface area contributed by atoms with Gasteiger partial charge in [-0.3, -0.25) is 4.79 Å². The Labute approximate surface area is 154 Å². The van der Waals surface area contributed by atoms with E-state index in [0.29, 0.717) is 6.61 Å². The first-order chi connectivity index (χ1) is 12.2. The van der Waals surface area contributed by atoms with Gasteiger partial charge in [-0.15, -0.1) is 0 Å². The maximum absolute atomic E-state index is 10.2. The lowest BCUT2D eigenvalue weighted by molar-refractivity contribution is -0.136. The molecule has 0 radical (unpaired) electrons. The second kappa shape index (κ2) is 19.0. The molecule has 0 aliphatic carbocycles. The van der Waals surface area contributed by atoms with E-state index in [1.165, 1.54) is 70.6 Å². The SMILES string of the molecule is CCCCCCCCCCCCCCO.O=C(O)Cc1ccccc1. The van der Waals surface area contributed by atoms with Crippen LogP contribution in [0.5, 0.6) is 0 Å². The minimum Gasteiger partial charge on any atom is -0.481 e. The molecule has 0 heterocycles. The maximum atomic E-state index is 10.2. The predicted octanol–water partition coefficient (Wildman–Crippen LogP) is 5.99. The van der Waals surface area contributed by atoms with Gasteiger partial charge in [-0.05, 0) is 12.0 Å². The van der Waals surface area contributed by atoms with Gasteiger partial charge in [0.05, 0.1) is 6.42 Å². The normalized spacial score (nSPS) is 10.2. The zero-order valence-electron chi connectivity index (χ0n) is 16.1. The van der Waals surface area contributed by atoms with Crippen molar-refractivity contribution < 1.29 is 15.0 Å². The fraction of sp³-hybridized carbons (Fsp3) is 0.682. The molecule has 3 nitrogen and oxygen atoms in total. The first-order valence-corrected chi connectivity index (χ1v) is 10.1.